The molecule has 0 aliphatic carbocycles. The lowest BCUT2D eigenvalue weighted by Gasteiger charge is -2.25. The van der Waals surface area contributed by atoms with Gasteiger partial charge in [-0.15, -0.1) is 0 Å². The van der Waals surface area contributed by atoms with Gasteiger partial charge in [0.25, 0.3) is 0 Å². The Balaban J connectivity index is 4.16. The van der Waals surface area contributed by atoms with Gasteiger partial charge in [0.2, 0.25) is 5.91 Å². The number of amides is 1. The average molecular weight is 228 g/mol. The first-order chi connectivity index (χ1) is 7.56. The first-order valence-corrected chi connectivity index (χ1v) is 6.57. The molecular weight excluding hydrogens is 200 g/mol. The van der Waals surface area contributed by atoms with Gasteiger partial charge in [0.05, 0.1) is 6.04 Å². The Kier molecular flexibility index (Phi) is 8.26. The Hall–Kier alpha value is -0.570. The zero-order valence-corrected chi connectivity index (χ0v) is 11.5. The zero-order valence-electron chi connectivity index (χ0n) is 11.5. The first kappa shape index (κ1) is 15.4. The largest absolute Gasteiger partial charge is 0.345 e. The summed E-state index contributed by atoms with van der Waals surface area (Å²) in [6, 6.07) is 0.423. The number of rotatable bonds is 8. The van der Waals surface area contributed by atoms with Crippen LogP contribution in [0.4, 0.5) is 0 Å². The van der Waals surface area contributed by atoms with E-state index < -0.39 is 0 Å². The molecule has 0 aliphatic heterocycles. The maximum atomic E-state index is 11.9. The average Bonchev–Trinajstić information content (AvgIpc) is 2.27. The fourth-order valence-corrected chi connectivity index (χ4v) is 1.92. The van der Waals surface area contributed by atoms with Crippen LogP contribution in [0.2, 0.25) is 0 Å². The van der Waals surface area contributed by atoms with Crippen molar-refractivity contribution in [3.05, 3.63) is 0 Å². The summed E-state index contributed by atoms with van der Waals surface area (Å²) in [5, 5.41) is 3.44. The van der Waals surface area contributed by atoms with Crippen LogP contribution in [0.15, 0.2) is 0 Å². The van der Waals surface area contributed by atoms with Crippen LogP contribution < -0.4 is 5.32 Å². The predicted octanol–water partition coefficient (Wildman–Crippen LogP) is 2.41. The second-order valence-corrected chi connectivity index (χ2v) is 4.52. The fourth-order valence-electron chi connectivity index (χ4n) is 1.92. The van der Waals surface area contributed by atoms with E-state index in [0.29, 0.717) is 6.04 Å². The third-order valence-electron chi connectivity index (χ3n) is 2.98. The Bertz CT molecular complexity index is 188. The SMILES string of the molecule is CCCC(CCC)NC(C)C(=O)N(C)CC. The van der Waals surface area contributed by atoms with Crippen molar-refractivity contribution in [1.29, 1.82) is 0 Å². The van der Waals surface area contributed by atoms with Crippen molar-refractivity contribution in [2.45, 2.75) is 65.5 Å². The smallest absolute Gasteiger partial charge is 0.239 e. The molecule has 0 saturated heterocycles. The highest BCUT2D eigenvalue weighted by Gasteiger charge is 2.19. The minimum absolute atomic E-state index is 0.0620. The van der Waals surface area contributed by atoms with Crippen LogP contribution in [-0.2, 0) is 4.79 Å². The molecule has 0 heterocycles. The van der Waals surface area contributed by atoms with Gasteiger partial charge >= 0.3 is 0 Å². The monoisotopic (exact) mass is 228 g/mol. The molecule has 0 bridgehead atoms. The van der Waals surface area contributed by atoms with Crippen LogP contribution in [0, 0.1) is 0 Å². The van der Waals surface area contributed by atoms with Gasteiger partial charge in [-0.2, -0.15) is 0 Å². The van der Waals surface area contributed by atoms with E-state index in [9.17, 15) is 4.79 Å². The van der Waals surface area contributed by atoms with Crippen LogP contribution in [-0.4, -0.2) is 36.5 Å². The minimum atomic E-state index is -0.0620. The van der Waals surface area contributed by atoms with E-state index in [1.807, 2.05) is 20.9 Å². The van der Waals surface area contributed by atoms with Crippen LogP contribution in [0.1, 0.15) is 53.4 Å². The van der Waals surface area contributed by atoms with Crippen molar-refractivity contribution in [2.24, 2.45) is 0 Å². The van der Waals surface area contributed by atoms with E-state index in [1.165, 1.54) is 12.8 Å². The van der Waals surface area contributed by atoms with Gasteiger partial charge in [-0.05, 0) is 26.7 Å². The van der Waals surface area contributed by atoms with Gasteiger partial charge in [0.15, 0.2) is 0 Å². The van der Waals surface area contributed by atoms with Crippen LogP contribution >= 0.6 is 0 Å². The van der Waals surface area contributed by atoms with E-state index in [0.717, 1.165) is 19.4 Å². The van der Waals surface area contributed by atoms with Crippen molar-refractivity contribution in [1.82, 2.24) is 10.2 Å². The lowest BCUT2D eigenvalue weighted by Crippen LogP contribution is -2.47. The summed E-state index contributed by atoms with van der Waals surface area (Å²) in [6.07, 6.45) is 4.65. The summed E-state index contributed by atoms with van der Waals surface area (Å²) >= 11 is 0. The number of carbonyl (C=O) groups excluding carboxylic acids is 1. The standard InChI is InChI=1S/C13H28N2O/c1-6-9-12(10-7-2)14-11(4)13(16)15(5)8-3/h11-12,14H,6-10H2,1-5H3. The van der Waals surface area contributed by atoms with Gasteiger partial charge in [0, 0.05) is 19.6 Å². The Labute approximate surface area is 101 Å². The molecule has 1 N–H and O–H groups in total. The lowest BCUT2D eigenvalue weighted by atomic mass is 10.1. The second kappa shape index (κ2) is 8.57. The molecule has 3 heteroatoms. The predicted molar refractivity (Wildman–Crippen MR) is 69.5 cm³/mol. The molecule has 1 unspecified atom stereocenters. The lowest BCUT2D eigenvalue weighted by molar-refractivity contribution is -0.131. The summed E-state index contributed by atoms with van der Waals surface area (Å²) in [6.45, 7) is 9.12. The highest BCUT2D eigenvalue weighted by molar-refractivity contribution is 5.81. The van der Waals surface area contributed by atoms with Gasteiger partial charge in [0.1, 0.15) is 0 Å². The van der Waals surface area contributed by atoms with Gasteiger partial charge in [-0.1, -0.05) is 26.7 Å². The van der Waals surface area contributed by atoms with Crippen molar-refractivity contribution in [3.8, 4) is 0 Å². The number of hydrogen-bond acceptors (Lipinski definition) is 2. The van der Waals surface area contributed by atoms with Crippen LogP contribution in [0.3, 0.4) is 0 Å². The van der Waals surface area contributed by atoms with E-state index in [4.69, 9.17) is 0 Å². The number of likely N-dealkylation sites (N-methyl/N-ethyl adjacent to an activating group) is 1. The Morgan fingerprint density at radius 2 is 1.69 bits per heavy atom. The second-order valence-electron chi connectivity index (χ2n) is 4.52. The summed E-state index contributed by atoms with van der Waals surface area (Å²) in [7, 11) is 1.86. The molecule has 3 nitrogen and oxygen atoms in total. The van der Waals surface area contributed by atoms with E-state index in [2.05, 4.69) is 19.2 Å². The van der Waals surface area contributed by atoms with E-state index in [1.54, 1.807) is 4.90 Å². The molecular formula is C13H28N2O. The van der Waals surface area contributed by atoms with Gasteiger partial charge in [-0.25, -0.2) is 0 Å². The number of nitrogens with zero attached hydrogens (tertiary/aromatic N) is 1. The van der Waals surface area contributed by atoms with E-state index >= 15 is 0 Å². The number of carbonyl (C=O) groups is 1. The van der Waals surface area contributed by atoms with Crippen molar-refractivity contribution < 1.29 is 4.79 Å². The van der Waals surface area contributed by atoms with Crippen LogP contribution in [0.5, 0.6) is 0 Å². The molecule has 0 radical (unpaired) electrons. The zero-order chi connectivity index (χ0) is 12.6. The molecule has 1 atom stereocenters. The molecule has 1 amide bonds. The van der Waals surface area contributed by atoms with E-state index in [-0.39, 0.29) is 11.9 Å². The maximum Gasteiger partial charge on any atom is 0.239 e. The molecule has 0 spiro atoms. The first-order valence-electron chi connectivity index (χ1n) is 6.57. The quantitative estimate of drug-likeness (QED) is 0.692. The third-order valence-corrected chi connectivity index (χ3v) is 2.98. The normalized spacial score (nSPS) is 12.9. The number of hydrogen-bond donors (Lipinski definition) is 1. The van der Waals surface area contributed by atoms with Crippen molar-refractivity contribution in [2.75, 3.05) is 13.6 Å². The highest BCUT2D eigenvalue weighted by atomic mass is 16.2. The number of nitrogens with one attached hydrogen (secondary N) is 1. The van der Waals surface area contributed by atoms with Gasteiger partial charge < -0.3 is 10.2 Å². The molecule has 0 aromatic carbocycles. The summed E-state index contributed by atoms with van der Waals surface area (Å²) in [5.74, 6) is 0.194. The molecule has 16 heavy (non-hydrogen) atoms. The molecule has 0 aliphatic rings. The summed E-state index contributed by atoms with van der Waals surface area (Å²) in [4.78, 5) is 13.7. The highest BCUT2D eigenvalue weighted by Crippen LogP contribution is 2.06. The van der Waals surface area contributed by atoms with Gasteiger partial charge in [-0.3, -0.25) is 4.79 Å². The Morgan fingerprint density at radius 1 is 1.19 bits per heavy atom. The van der Waals surface area contributed by atoms with Crippen molar-refractivity contribution >= 4 is 5.91 Å². The fraction of sp³-hybridized carbons (Fsp3) is 0.923. The molecule has 0 saturated carbocycles. The molecule has 0 rings (SSSR count). The summed E-state index contributed by atoms with van der Waals surface area (Å²) in [5.41, 5.74) is 0. The minimum Gasteiger partial charge on any atom is -0.345 e. The van der Waals surface area contributed by atoms with Crippen LogP contribution in [0.25, 0.3) is 0 Å². The third kappa shape index (κ3) is 5.50. The molecule has 96 valence electrons. The molecule has 0 aromatic heterocycles. The summed E-state index contributed by atoms with van der Waals surface area (Å²) < 4.78 is 0. The molecule has 0 fully saturated rings. The Morgan fingerprint density at radius 3 is 2.06 bits per heavy atom. The maximum absolute atomic E-state index is 11.9. The topological polar surface area (TPSA) is 32.3 Å². The molecule has 0 aromatic rings. The van der Waals surface area contributed by atoms with Crippen molar-refractivity contribution in [3.63, 3.8) is 0 Å².